The fourth-order valence-corrected chi connectivity index (χ4v) is 3.40. The lowest BCUT2D eigenvalue weighted by molar-refractivity contribution is -0.137. The van der Waals surface area contributed by atoms with Crippen LogP contribution in [0.25, 0.3) is 0 Å². The van der Waals surface area contributed by atoms with Crippen molar-refractivity contribution in [2.24, 2.45) is 0 Å². The number of hydrogen-bond acceptors (Lipinski definition) is 4. The Labute approximate surface area is 149 Å². The zero-order valence-electron chi connectivity index (χ0n) is 14.1. The molecule has 0 atom stereocenters. The Hall–Kier alpha value is -2.42. The molecule has 142 valence electrons. The van der Waals surface area contributed by atoms with Crippen molar-refractivity contribution >= 4 is 15.7 Å². The third-order valence-corrected chi connectivity index (χ3v) is 4.78. The quantitative estimate of drug-likeness (QED) is 0.767. The summed E-state index contributed by atoms with van der Waals surface area (Å²) in [5.74, 6) is 0.0846. The second-order valence-electron chi connectivity index (χ2n) is 5.31. The molecule has 0 fully saturated rings. The Morgan fingerprint density at radius 3 is 2.38 bits per heavy atom. The van der Waals surface area contributed by atoms with Crippen LogP contribution in [0.1, 0.15) is 18.9 Å². The predicted molar refractivity (Wildman–Crippen MR) is 91.0 cm³/mol. The van der Waals surface area contributed by atoms with E-state index in [2.05, 4.69) is 4.72 Å². The van der Waals surface area contributed by atoms with Gasteiger partial charge in [0.25, 0.3) is 10.0 Å². The average Bonchev–Trinajstić information content (AvgIpc) is 2.59. The molecule has 0 amide bonds. The van der Waals surface area contributed by atoms with E-state index in [1.54, 1.807) is 6.07 Å². The molecule has 26 heavy (non-hydrogen) atoms. The summed E-state index contributed by atoms with van der Waals surface area (Å²) >= 11 is 0. The maximum Gasteiger partial charge on any atom is 0.416 e. The van der Waals surface area contributed by atoms with Crippen LogP contribution in [0.5, 0.6) is 11.5 Å². The van der Waals surface area contributed by atoms with E-state index in [-0.39, 0.29) is 28.7 Å². The molecule has 2 rings (SSSR count). The average molecular weight is 389 g/mol. The monoisotopic (exact) mass is 389 g/mol. The van der Waals surface area contributed by atoms with Crippen LogP contribution in [0.4, 0.5) is 18.9 Å². The molecular formula is C17H18F3NO4S. The number of ether oxygens (including phenoxy) is 2. The Bertz CT molecular complexity index is 867. The zero-order valence-corrected chi connectivity index (χ0v) is 14.9. The highest BCUT2D eigenvalue weighted by molar-refractivity contribution is 7.92. The van der Waals surface area contributed by atoms with Crippen molar-refractivity contribution in [3.8, 4) is 11.5 Å². The molecule has 0 spiro atoms. The maximum absolute atomic E-state index is 13.0. The molecule has 0 heterocycles. The second-order valence-corrected chi connectivity index (χ2v) is 6.96. The second kappa shape index (κ2) is 7.86. The SMILES string of the molecule is CCCOc1ccc(C(F)(F)F)cc1NS(=O)(=O)c1ccccc1OC. The number of methoxy groups -OCH3 is 1. The van der Waals surface area contributed by atoms with E-state index < -0.39 is 21.8 Å². The molecule has 0 saturated carbocycles. The highest BCUT2D eigenvalue weighted by Crippen LogP contribution is 2.36. The van der Waals surface area contributed by atoms with Crippen molar-refractivity contribution < 1.29 is 31.1 Å². The lowest BCUT2D eigenvalue weighted by Crippen LogP contribution is -2.16. The predicted octanol–water partition coefficient (Wildman–Crippen LogP) is 4.30. The standard InChI is InChI=1S/C17H18F3NO4S/c1-3-10-25-14-9-8-12(17(18,19)20)11-13(14)21-26(22,23)16-7-5-4-6-15(16)24-2/h4-9,11,21H,3,10H2,1-2H3. The van der Waals surface area contributed by atoms with Gasteiger partial charge in [-0.3, -0.25) is 4.72 Å². The summed E-state index contributed by atoms with van der Waals surface area (Å²) in [6.07, 6.45) is -4.01. The van der Waals surface area contributed by atoms with E-state index in [1.165, 1.54) is 25.3 Å². The van der Waals surface area contributed by atoms with Crippen LogP contribution in [-0.4, -0.2) is 22.1 Å². The first-order chi connectivity index (χ1) is 12.2. The van der Waals surface area contributed by atoms with Gasteiger partial charge in [0.05, 0.1) is 25.0 Å². The minimum Gasteiger partial charge on any atom is -0.495 e. The Morgan fingerprint density at radius 1 is 1.08 bits per heavy atom. The van der Waals surface area contributed by atoms with E-state index in [0.29, 0.717) is 12.5 Å². The molecule has 1 N–H and O–H groups in total. The molecule has 0 aliphatic heterocycles. The first-order valence-electron chi connectivity index (χ1n) is 7.69. The van der Waals surface area contributed by atoms with Crippen LogP contribution in [0.15, 0.2) is 47.4 Å². The third kappa shape index (κ3) is 4.60. The molecule has 2 aromatic carbocycles. The first kappa shape index (κ1) is 19.9. The summed E-state index contributed by atoms with van der Waals surface area (Å²) < 4.78 is 76.8. The zero-order chi connectivity index (χ0) is 19.4. The van der Waals surface area contributed by atoms with Gasteiger partial charge in [-0.15, -0.1) is 0 Å². The number of nitrogens with one attached hydrogen (secondary N) is 1. The van der Waals surface area contributed by atoms with Crippen molar-refractivity contribution in [2.75, 3.05) is 18.4 Å². The molecule has 0 unspecified atom stereocenters. The van der Waals surface area contributed by atoms with Crippen molar-refractivity contribution in [2.45, 2.75) is 24.4 Å². The van der Waals surface area contributed by atoms with Crippen LogP contribution in [0, 0.1) is 0 Å². The summed E-state index contributed by atoms with van der Waals surface area (Å²) in [5, 5.41) is 0. The van der Waals surface area contributed by atoms with Crippen molar-refractivity contribution in [1.82, 2.24) is 0 Å². The van der Waals surface area contributed by atoms with Crippen LogP contribution < -0.4 is 14.2 Å². The fraction of sp³-hybridized carbons (Fsp3) is 0.294. The smallest absolute Gasteiger partial charge is 0.416 e. The maximum atomic E-state index is 13.0. The highest BCUT2D eigenvalue weighted by atomic mass is 32.2. The molecule has 0 saturated heterocycles. The third-order valence-electron chi connectivity index (χ3n) is 3.37. The van der Waals surface area contributed by atoms with Gasteiger partial charge in [-0.25, -0.2) is 8.42 Å². The number of benzene rings is 2. The van der Waals surface area contributed by atoms with Gasteiger partial charge in [0.1, 0.15) is 16.4 Å². The first-order valence-corrected chi connectivity index (χ1v) is 9.17. The molecule has 0 radical (unpaired) electrons. The number of hydrogen-bond donors (Lipinski definition) is 1. The number of para-hydroxylation sites is 1. The molecule has 0 aliphatic carbocycles. The Kier molecular flexibility index (Phi) is 6.01. The summed E-state index contributed by atoms with van der Waals surface area (Å²) in [4.78, 5) is -0.193. The topological polar surface area (TPSA) is 64.6 Å². The van der Waals surface area contributed by atoms with E-state index in [1.807, 2.05) is 6.92 Å². The molecule has 2 aromatic rings. The minimum absolute atomic E-state index is 0.0123. The van der Waals surface area contributed by atoms with Crippen molar-refractivity contribution in [3.05, 3.63) is 48.0 Å². The van der Waals surface area contributed by atoms with Crippen LogP contribution in [-0.2, 0) is 16.2 Å². The lowest BCUT2D eigenvalue weighted by Gasteiger charge is -2.17. The van der Waals surface area contributed by atoms with E-state index in [9.17, 15) is 21.6 Å². The van der Waals surface area contributed by atoms with Crippen LogP contribution >= 0.6 is 0 Å². The largest absolute Gasteiger partial charge is 0.495 e. The van der Waals surface area contributed by atoms with Crippen LogP contribution in [0.3, 0.4) is 0 Å². The summed E-state index contributed by atoms with van der Waals surface area (Å²) in [7, 11) is -2.89. The number of rotatable bonds is 7. The van der Waals surface area contributed by atoms with Gasteiger partial charge in [-0.05, 0) is 36.8 Å². The molecule has 0 aliphatic rings. The number of alkyl halides is 3. The highest BCUT2D eigenvalue weighted by Gasteiger charge is 2.32. The Morgan fingerprint density at radius 2 is 1.77 bits per heavy atom. The van der Waals surface area contributed by atoms with Gasteiger partial charge >= 0.3 is 6.18 Å². The summed E-state index contributed by atoms with van der Waals surface area (Å²) in [5.41, 5.74) is -1.28. The van der Waals surface area contributed by atoms with E-state index in [4.69, 9.17) is 9.47 Å². The van der Waals surface area contributed by atoms with Gasteiger partial charge in [-0.1, -0.05) is 19.1 Å². The van der Waals surface area contributed by atoms with Gasteiger partial charge < -0.3 is 9.47 Å². The molecule has 5 nitrogen and oxygen atoms in total. The molecule has 0 aromatic heterocycles. The van der Waals surface area contributed by atoms with Gasteiger partial charge in [-0.2, -0.15) is 13.2 Å². The van der Waals surface area contributed by atoms with E-state index >= 15 is 0 Å². The van der Waals surface area contributed by atoms with E-state index in [0.717, 1.165) is 12.1 Å². The minimum atomic E-state index is -4.62. The van der Waals surface area contributed by atoms with Crippen molar-refractivity contribution in [3.63, 3.8) is 0 Å². The normalized spacial score (nSPS) is 11.9. The lowest BCUT2D eigenvalue weighted by atomic mass is 10.2. The molecule has 0 bridgehead atoms. The van der Waals surface area contributed by atoms with Gasteiger partial charge in [0.15, 0.2) is 0 Å². The fourth-order valence-electron chi connectivity index (χ4n) is 2.16. The van der Waals surface area contributed by atoms with Gasteiger partial charge in [0.2, 0.25) is 0 Å². The van der Waals surface area contributed by atoms with Crippen molar-refractivity contribution in [1.29, 1.82) is 0 Å². The number of halogens is 3. The number of anilines is 1. The van der Waals surface area contributed by atoms with Crippen LogP contribution in [0.2, 0.25) is 0 Å². The number of sulfonamides is 1. The summed E-state index contributed by atoms with van der Waals surface area (Å²) in [6.45, 7) is 2.05. The molecular weight excluding hydrogens is 371 g/mol. The van der Waals surface area contributed by atoms with Gasteiger partial charge in [0, 0.05) is 0 Å². The Balaban J connectivity index is 2.48. The summed E-state index contributed by atoms with van der Waals surface area (Å²) in [6, 6.07) is 8.44. The molecule has 9 heteroatoms.